The van der Waals surface area contributed by atoms with E-state index in [0.29, 0.717) is 12.1 Å². The second-order valence-corrected chi connectivity index (χ2v) is 7.12. The van der Waals surface area contributed by atoms with Gasteiger partial charge in [0.05, 0.1) is 0 Å². The van der Waals surface area contributed by atoms with Gasteiger partial charge in [0.15, 0.2) is 17.3 Å². The van der Waals surface area contributed by atoms with Gasteiger partial charge in [0.1, 0.15) is 5.92 Å². The third-order valence-corrected chi connectivity index (χ3v) is 5.28. The first-order chi connectivity index (χ1) is 14.1. The minimum Gasteiger partial charge on any atom is -0.454 e. The molecule has 4 rings (SSSR count). The van der Waals surface area contributed by atoms with Crippen LogP contribution in [0.3, 0.4) is 0 Å². The number of benzene rings is 2. The molecule has 0 aliphatic carbocycles. The van der Waals surface area contributed by atoms with Crippen LogP contribution in [0.5, 0.6) is 11.5 Å². The van der Waals surface area contributed by atoms with Gasteiger partial charge in [0.25, 0.3) is 0 Å². The Morgan fingerprint density at radius 3 is 2.90 bits per heavy atom. The van der Waals surface area contributed by atoms with Crippen LogP contribution in [0.4, 0.5) is 5.69 Å². The molecule has 0 radical (unpaired) electrons. The first-order valence-electron chi connectivity index (χ1n) is 9.59. The summed E-state index contributed by atoms with van der Waals surface area (Å²) in [5, 5.41) is 6.14. The van der Waals surface area contributed by atoms with Gasteiger partial charge in [-0.05, 0) is 61.9 Å². The molecule has 2 atom stereocenters. The zero-order chi connectivity index (χ0) is 20.4. The molecular formula is C22H23N3O4. The molecule has 7 heteroatoms. The van der Waals surface area contributed by atoms with E-state index in [1.807, 2.05) is 25.2 Å². The van der Waals surface area contributed by atoms with Crippen molar-refractivity contribution in [2.45, 2.75) is 25.3 Å². The van der Waals surface area contributed by atoms with Gasteiger partial charge in [-0.15, -0.1) is 0 Å². The van der Waals surface area contributed by atoms with Crippen LogP contribution in [0.15, 0.2) is 41.4 Å². The van der Waals surface area contributed by atoms with E-state index in [1.54, 1.807) is 24.4 Å². The smallest absolute Gasteiger partial charge is 0.237 e. The van der Waals surface area contributed by atoms with Gasteiger partial charge in [-0.3, -0.25) is 14.6 Å². The van der Waals surface area contributed by atoms with E-state index < -0.39 is 5.92 Å². The van der Waals surface area contributed by atoms with Gasteiger partial charge in [0, 0.05) is 30.1 Å². The number of amides is 1. The summed E-state index contributed by atoms with van der Waals surface area (Å²) in [5.74, 6) is 0.904. The first-order valence-corrected chi connectivity index (χ1v) is 9.59. The highest BCUT2D eigenvalue weighted by Crippen LogP contribution is 2.35. The number of hydrogen-bond acceptors (Lipinski definition) is 6. The first kappa shape index (κ1) is 19.1. The monoisotopic (exact) mass is 393 g/mol. The number of ether oxygens (including phenoxy) is 2. The van der Waals surface area contributed by atoms with Crippen LogP contribution in [0, 0.1) is 0 Å². The van der Waals surface area contributed by atoms with Crippen molar-refractivity contribution in [1.82, 2.24) is 5.32 Å². The Kier molecular flexibility index (Phi) is 5.31. The van der Waals surface area contributed by atoms with Crippen LogP contribution in [-0.2, 0) is 4.79 Å². The summed E-state index contributed by atoms with van der Waals surface area (Å²) in [6.07, 6.45) is 2.44. The van der Waals surface area contributed by atoms with Crippen molar-refractivity contribution in [3.05, 3.63) is 53.1 Å². The molecule has 2 unspecified atom stereocenters. The van der Waals surface area contributed by atoms with Gasteiger partial charge < -0.3 is 20.1 Å². The van der Waals surface area contributed by atoms with E-state index in [1.165, 1.54) is 6.92 Å². The second-order valence-electron chi connectivity index (χ2n) is 7.12. The molecule has 2 aliphatic heterocycles. The minimum absolute atomic E-state index is 0.0246. The number of ketones is 1. The molecule has 0 saturated heterocycles. The Hall–Kier alpha value is -3.19. The van der Waals surface area contributed by atoms with Crippen molar-refractivity contribution in [3.8, 4) is 11.5 Å². The molecule has 2 heterocycles. The van der Waals surface area contributed by atoms with Crippen LogP contribution in [0.2, 0.25) is 0 Å². The molecule has 0 bridgehead atoms. The molecule has 7 nitrogen and oxygen atoms in total. The average Bonchev–Trinajstić information content (AvgIpc) is 3.30. The lowest BCUT2D eigenvalue weighted by atomic mass is 9.98. The lowest BCUT2D eigenvalue weighted by molar-refractivity contribution is -0.115. The molecule has 150 valence electrons. The largest absolute Gasteiger partial charge is 0.454 e. The maximum atomic E-state index is 12.3. The molecule has 2 N–H and O–H groups in total. The normalized spacial score (nSPS) is 18.0. The van der Waals surface area contributed by atoms with Crippen molar-refractivity contribution in [1.29, 1.82) is 0 Å². The van der Waals surface area contributed by atoms with Crippen LogP contribution in [-0.4, -0.2) is 38.3 Å². The Morgan fingerprint density at radius 2 is 2.10 bits per heavy atom. The average molecular weight is 393 g/mol. The third kappa shape index (κ3) is 3.86. The van der Waals surface area contributed by atoms with Crippen LogP contribution < -0.4 is 20.1 Å². The Balaban J connectivity index is 1.42. The molecule has 29 heavy (non-hydrogen) atoms. The Labute approximate surface area is 169 Å². The van der Waals surface area contributed by atoms with Crippen molar-refractivity contribution in [2.24, 2.45) is 4.99 Å². The molecular weight excluding hydrogens is 370 g/mol. The fourth-order valence-electron chi connectivity index (χ4n) is 3.64. The zero-order valence-corrected chi connectivity index (χ0v) is 16.4. The molecule has 2 aromatic rings. The summed E-state index contributed by atoms with van der Waals surface area (Å²) in [7, 11) is 1.91. The second kappa shape index (κ2) is 8.05. The number of nitrogens with one attached hydrogen (secondary N) is 2. The minimum atomic E-state index is -0.470. The summed E-state index contributed by atoms with van der Waals surface area (Å²) in [6, 6.07) is 11.3. The molecule has 2 aromatic carbocycles. The highest BCUT2D eigenvalue weighted by Gasteiger charge is 2.29. The van der Waals surface area contributed by atoms with Gasteiger partial charge in [-0.2, -0.15) is 0 Å². The number of aliphatic imine (C=N–C) groups is 1. The van der Waals surface area contributed by atoms with E-state index in [9.17, 15) is 9.59 Å². The van der Waals surface area contributed by atoms with Crippen LogP contribution >= 0.6 is 0 Å². The maximum absolute atomic E-state index is 12.3. The molecule has 0 saturated carbocycles. The number of nitrogens with zero attached hydrogens (tertiary/aromatic N) is 1. The fourth-order valence-corrected chi connectivity index (χ4v) is 3.64. The Morgan fingerprint density at radius 1 is 1.28 bits per heavy atom. The highest BCUT2D eigenvalue weighted by atomic mass is 16.7. The number of fused-ring (bicyclic) bond motifs is 2. The van der Waals surface area contributed by atoms with E-state index in [2.05, 4.69) is 15.6 Å². The number of carbonyl (C=O) groups excluding carboxylic acids is 2. The maximum Gasteiger partial charge on any atom is 0.237 e. The molecule has 0 aromatic heterocycles. The number of hydrogen-bond donors (Lipinski definition) is 2. The third-order valence-electron chi connectivity index (χ3n) is 5.28. The van der Waals surface area contributed by atoms with Crippen molar-refractivity contribution < 1.29 is 19.1 Å². The van der Waals surface area contributed by atoms with Crippen molar-refractivity contribution in [2.75, 3.05) is 25.7 Å². The SMILES string of the molecule is CNC(CCN=CC1C(=O)Nc2ccc(C(C)=O)cc21)c1ccc2c(c1)OCO2. The van der Waals surface area contributed by atoms with Crippen LogP contribution in [0.1, 0.15) is 46.8 Å². The predicted octanol–water partition coefficient (Wildman–Crippen LogP) is 3.08. The van der Waals surface area contributed by atoms with Gasteiger partial charge in [0.2, 0.25) is 12.7 Å². The number of Topliss-reactive ketones (excluding diaryl/α,β-unsaturated/α-hetero) is 1. The van der Waals surface area contributed by atoms with Crippen molar-refractivity contribution >= 4 is 23.6 Å². The molecule has 1 amide bonds. The van der Waals surface area contributed by atoms with Crippen LogP contribution in [0.25, 0.3) is 0 Å². The van der Waals surface area contributed by atoms with Gasteiger partial charge in [-0.25, -0.2) is 0 Å². The zero-order valence-electron chi connectivity index (χ0n) is 16.4. The number of anilines is 1. The molecule has 0 spiro atoms. The van der Waals surface area contributed by atoms with Gasteiger partial charge in [-0.1, -0.05) is 6.07 Å². The number of rotatable bonds is 7. The summed E-state index contributed by atoms with van der Waals surface area (Å²) >= 11 is 0. The molecule has 0 fully saturated rings. The summed E-state index contributed by atoms with van der Waals surface area (Å²) in [6.45, 7) is 2.33. The van der Waals surface area contributed by atoms with E-state index in [0.717, 1.165) is 34.7 Å². The topological polar surface area (TPSA) is 89.0 Å². The lowest BCUT2D eigenvalue weighted by Gasteiger charge is -2.16. The van der Waals surface area contributed by atoms with E-state index in [-0.39, 0.29) is 24.5 Å². The number of carbonyl (C=O) groups is 2. The summed E-state index contributed by atoms with van der Waals surface area (Å²) in [4.78, 5) is 28.4. The lowest BCUT2D eigenvalue weighted by Crippen LogP contribution is -2.17. The molecule has 2 aliphatic rings. The van der Waals surface area contributed by atoms with Gasteiger partial charge >= 0.3 is 0 Å². The van der Waals surface area contributed by atoms with E-state index >= 15 is 0 Å². The quantitative estimate of drug-likeness (QED) is 0.557. The van der Waals surface area contributed by atoms with E-state index in [4.69, 9.17) is 9.47 Å². The fraction of sp³-hybridized carbons (Fsp3) is 0.318. The standard InChI is InChI=1S/C22H23N3O4/c1-13(26)14-3-5-19-16(9-14)17(22(27)25-19)11-24-8-7-18(23-2)15-4-6-20-21(10-15)29-12-28-20/h3-6,9-11,17-18,23H,7-8,12H2,1-2H3,(H,25,27). The predicted molar refractivity (Wildman–Crippen MR) is 110 cm³/mol. The highest BCUT2D eigenvalue weighted by molar-refractivity contribution is 6.13. The Bertz CT molecular complexity index is 986. The van der Waals surface area contributed by atoms with Crippen molar-refractivity contribution in [3.63, 3.8) is 0 Å². The summed E-state index contributed by atoms with van der Waals surface area (Å²) < 4.78 is 10.8. The summed E-state index contributed by atoms with van der Waals surface area (Å²) in [5.41, 5.74) is 3.23.